The van der Waals surface area contributed by atoms with Crippen molar-refractivity contribution in [2.75, 3.05) is 23.4 Å². The molecule has 1 fully saturated rings. The molecule has 0 bridgehead atoms. The summed E-state index contributed by atoms with van der Waals surface area (Å²) in [5.41, 5.74) is 3.65. The third-order valence-corrected chi connectivity index (χ3v) is 5.34. The van der Waals surface area contributed by atoms with E-state index in [2.05, 4.69) is 5.32 Å². The molecule has 160 valence electrons. The van der Waals surface area contributed by atoms with Gasteiger partial charge in [-0.2, -0.15) is 0 Å². The molecule has 2 aromatic rings. The lowest BCUT2D eigenvalue weighted by Crippen LogP contribution is -2.55. The lowest BCUT2D eigenvalue weighted by atomic mass is 9.90. The molecule has 31 heavy (non-hydrogen) atoms. The van der Waals surface area contributed by atoms with Gasteiger partial charge >= 0.3 is 0 Å². The molecule has 2 unspecified atom stereocenters. The fourth-order valence-corrected chi connectivity index (χ4v) is 3.85. The Morgan fingerprint density at radius 3 is 2.87 bits per heavy atom. The van der Waals surface area contributed by atoms with E-state index in [0.29, 0.717) is 17.8 Å². The largest absolute Gasteiger partial charge is 0.380 e. The predicted octanol–water partition coefficient (Wildman–Crippen LogP) is 2.43. The van der Waals surface area contributed by atoms with E-state index in [1.165, 1.54) is 23.1 Å². The molecule has 2 atom stereocenters. The number of hydrogen-bond acceptors (Lipinski definition) is 5. The standard InChI is InChI=1S/C23H22FN3O4/c1-13-10-14-12-15(6-7-16(14)18(25)11-13)26-22(29)20(28)21-23(30)27(8-9-31-21)19-5-3-2-4-17(19)24/h2-7,11-12,20-21,25,28H,8-10H2,1H3,(H,26,29). The van der Waals surface area contributed by atoms with Gasteiger partial charge in [0.05, 0.1) is 18.0 Å². The molecule has 1 aliphatic carbocycles. The molecule has 7 nitrogen and oxygen atoms in total. The van der Waals surface area contributed by atoms with Crippen molar-refractivity contribution < 1.29 is 23.8 Å². The summed E-state index contributed by atoms with van der Waals surface area (Å²) in [6.07, 6.45) is -0.744. The van der Waals surface area contributed by atoms with Crippen LogP contribution in [0.3, 0.4) is 0 Å². The fourth-order valence-electron chi connectivity index (χ4n) is 3.85. The van der Waals surface area contributed by atoms with Crippen LogP contribution in [0, 0.1) is 11.2 Å². The van der Waals surface area contributed by atoms with Crippen molar-refractivity contribution in [2.45, 2.75) is 25.6 Å². The van der Waals surface area contributed by atoms with Crippen LogP contribution in [0.4, 0.5) is 15.8 Å². The van der Waals surface area contributed by atoms with Gasteiger partial charge in [-0.3, -0.25) is 9.59 Å². The number of aliphatic hydroxyl groups excluding tert-OH is 1. The molecule has 2 amide bonds. The molecule has 2 aromatic carbocycles. The molecule has 1 heterocycles. The van der Waals surface area contributed by atoms with E-state index < -0.39 is 29.8 Å². The zero-order chi connectivity index (χ0) is 22.1. The lowest BCUT2D eigenvalue weighted by molar-refractivity contribution is -0.150. The molecule has 0 spiro atoms. The van der Waals surface area contributed by atoms with Gasteiger partial charge in [0.25, 0.3) is 11.8 Å². The van der Waals surface area contributed by atoms with Crippen molar-refractivity contribution in [3.05, 3.63) is 71.1 Å². The Bertz CT molecular complexity index is 1100. The van der Waals surface area contributed by atoms with Gasteiger partial charge in [0.15, 0.2) is 12.2 Å². The maximum atomic E-state index is 14.1. The minimum absolute atomic E-state index is 0.0572. The number of carbonyl (C=O) groups is 2. The summed E-state index contributed by atoms with van der Waals surface area (Å²) in [4.78, 5) is 26.6. The number of ether oxygens (including phenoxy) is 1. The van der Waals surface area contributed by atoms with Crippen LogP contribution in [0.15, 0.2) is 54.1 Å². The average molecular weight is 423 g/mol. The Balaban J connectivity index is 1.48. The minimum Gasteiger partial charge on any atom is -0.380 e. The number of benzene rings is 2. The first kappa shape index (κ1) is 20.9. The average Bonchev–Trinajstić information content (AvgIpc) is 2.73. The quantitative estimate of drug-likeness (QED) is 0.703. The summed E-state index contributed by atoms with van der Waals surface area (Å²) >= 11 is 0. The van der Waals surface area contributed by atoms with Crippen molar-refractivity contribution >= 4 is 28.9 Å². The van der Waals surface area contributed by atoms with E-state index in [4.69, 9.17) is 10.1 Å². The Kier molecular flexibility index (Phi) is 5.67. The maximum Gasteiger partial charge on any atom is 0.259 e. The van der Waals surface area contributed by atoms with E-state index in [-0.39, 0.29) is 18.8 Å². The van der Waals surface area contributed by atoms with Gasteiger partial charge in [-0.1, -0.05) is 23.8 Å². The van der Waals surface area contributed by atoms with Crippen molar-refractivity contribution in [1.29, 1.82) is 5.41 Å². The number of fused-ring (bicyclic) bond motifs is 1. The maximum absolute atomic E-state index is 14.1. The minimum atomic E-state index is -1.77. The number of nitrogens with one attached hydrogen (secondary N) is 2. The number of anilines is 2. The van der Waals surface area contributed by atoms with Gasteiger partial charge in [-0.25, -0.2) is 4.39 Å². The lowest BCUT2D eigenvalue weighted by Gasteiger charge is -2.34. The van der Waals surface area contributed by atoms with Crippen LogP contribution in [0.25, 0.3) is 0 Å². The van der Waals surface area contributed by atoms with E-state index in [1.54, 1.807) is 30.3 Å². The topological polar surface area (TPSA) is 103 Å². The number of rotatable bonds is 4. The Morgan fingerprint density at radius 1 is 1.32 bits per heavy atom. The van der Waals surface area contributed by atoms with Crippen LogP contribution < -0.4 is 10.2 Å². The zero-order valence-electron chi connectivity index (χ0n) is 16.9. The fraction of sp³-hybridized carbons (Fsp3) is 0.261. The predicted molar refractivity (Wildman–Crippen MR) is 114 cm³/mol. The molecule has 0 radical (unpaired) electrons. The number of para-hydroxylation sites is 1. The van der Waals surface area contributed by atoms with Crippen LogP contribution in [0.5, 0.6) is 0 Å². The first-order valence-electron chi connectivity index (χ1n) is 9.90. The monoisotopic (exact) mass is 423 g/mol. The number of allylic oxidation sites excluding steroid dienone is 2. The SMILES string of the molecule is CC1=CC(=N)c2ccc(NC(=O)C(O)C3OCCN(c4ccccc4F)C3=O)cc2C1. The number of carbonyl (C=O) groups excluding carboxylic acids is 2. The second-order valence-corrected chi connectivity index (χ2v) is 7.62. The van der Waals surface area contributed by atoms with Crippen molar-refractivity contribution in [3.8, 4) is 0 Å². The third kappa shape index (κ3) is 4.12. The van der Waals surface area contributed by atoms with Gasteiger partial charge in [0, 0.05) is 17.8 Å². The zero-order valence-corrected chi connectivity index (χ0v) is 16.9. The first-order chi connectivity index (χ1) is 14.8. The summed E-state index contributed by atoms with van der Waals surface area (Å²) < 4.78 is 19.5. The molecule has 4 rings (SSSR count). The van der Waals surface area contributed by atoms with Crippen molar-refractivity contribution in [1.82, 2.24) is 0 Å². The van der Waals surface area contributed by atoms with Crippen molar-refractivity contribution in [3.63, 3.8) is 0 Å². The van der Waals surface area contributed by atoms with Crippen molar-refractivity contribution in [2.24, 2.45) is 0 Å². The molecular weight excluding hydrogens is 401 g/mol. The van der Waals surface area contributed by atoms with Crippen LogP contribution in [0.1, 0.15) is 18.1 Å². The smallest absolute Gasteiger partial charge is 0.259 e. The molecule has 3 N–H and O–H groups in total. The Labute approximate surface area is 178 Å². The molecular formula is C23H22FN3O4. The van der Waals surface area contributed by atoms with Crippen LogP contribution >= 0.6 is 0 Å². The molecule has 0 aromatic heterocycles. The van der Waals surface area contributed by atoms with Gasteiger partial charge in [-0.15, -0.1) is 0 Å². The van der Waals surface area contributed by atoms with E-state index in [9.17, 15) is 19.1 Å². The normalized spacial score (nSPS) is 19.5. The van der Waals surface area contributed by atoms with E-state index in [0.717, 1.165) is 16.7 Å². The highest BCUT2D eigenvalue weighted by molar-refractivity contribution is 6.09. The number of nitrogens with zero attached hydrogens (tertiary/aromatic N) is 1. The Hall–Kier alpha value is -3.36. The molecule has 1 saturated heterocycles. The van der Waals surface area contributed by atoms with Crippen LogP contribution in [0.2, 0.25) is 0 Å². The molecule has 8 heteroatoms. The highest BCUT2D eigenvalue weighted by atomic mass is 19.1. The first-order valence-corrected chi connectivity index (χ1v) is 9.90. The summed E-state index contributed by atoms with van der Waals surface area (Å²) in [7, 11) is 0. The van der Waals surface area contributed by atoms with Gasteiger partial charge in [-0.05, 0) is 49.2 Å². The number of amides is 2. The van der Waals surface area contributed by atoms with E-state index in [1.807, 2.05) is 6.92 Å². The van der Waals surface area contributed by atoms with Gasteiger partial charge < -0.3 is 25.5 Å². The second-order valence-electron chi connectivity index (χ2n) is 7.62. The summed E-state index contributed by atoms with van der Waals surface area (Å²) in [5.74, 6) is -2.05. The van der Waals surface area contributed by atoms with E-state index >= 15 is 0 Å². The molecule has 1 aliphatic heterocycles. The molecule has 2 aliphatic rings. The number of hydrogen-bond donors (Lipinski definition) is 3. The Morgan fingerprint density at radius 2 is 2.10 bits per heavy atom. The number of halogens is 1. The van der Waals surface area contributed by atoms with Gasteiger partial charge in [0.2, 0.25) is 0 Å². The number of morpholine rings is 1. The van der Waals surface area contributed by atoms with Gasteiger partial charge in [0.1, 0.15) is 5.82 Å². The highest BCUT2D eigenvalue weighted by Gasteiger charge is 2.40. The second kappa shape index (κ2) is 8.41. The highest BCUT2D eigenvalue weighted by Crippen LogP contribution is 2.26. The summed E-state index contributed by atoms with van der Waals surface area (Å²) in [6.45, 7) is 2.11. The number of aliphatic hydroxyl groups is 1. The third-order valence-electron chi connectivity index (χ3n) is 5.34. The summed E-state index contributed by atoms with van der Waals surface area (Å²) in [6, 6.07) is 10.9. The van der Waals surface area contributed by atoms with Crippen LogP contribution in [-0.4, -0.2) is 48.0 Å². The summed E-state index contributed by atoms with van der Waals surface area (Å²) in [5, 5.41) is 21.2. The van der Waals surface area contributed by atoms with Crippen LogP contribution in [-0.2, 0) is 20.7 Å². The molecule has 0 saturated carbocycles.